The Morgan fingerprint density at radius 2 is 2.00 bits per heavy atom. The number of hydrogen-bond acceptors (Lipinski definition) is 3. The van der Waals surface area contributed by atoms with E-state index in [2.05, 4.69) is 15.3 Å². The number of aromatic nitrogens is 3. The summed E-state index contributed by atoms with van der Waals surface area (Å²) < 4.78 is 1.93. The molecule has 0 aliphatic heterocycles. The molecule has 0 fully saturated rings. The van der Waals surface area contributed by atoms with Gasteiger partial charge in [0.05, 0.1) is 16.9 Å². The summed E-state index contributed by atoms with van der Waals surface area (Å²) in [6, 6.07) is 15.4. The minimum Gasteiger partial charge on any atom is -0.381 e. The van der Waals surface area contributed by atoms with E-state index in [9.17, 15) is 4.79 Å². The third kappa shape index (κ3) is 3.14. The minimum absolute atomic E-state index is 0.136. The van der Waals surface area contributed by atoms with Crippen LogP contribution in [-0.4, -0.2) is 14.5 Å². The highest BCUT2D eigenvalue weighted by molar-refractivity contribution is 6.35. The van der Waals surface area contributed by atoms with Crippen LogP contribution in [0, 0.1) is 0 Å². The highest BCUT2D eigenvalue weighted by Crippen LogP contribution is 2.20. The van der Waals surface area contributed by atoms with Crippen LogP contribution in [-0.2, 0) is 6.54 Å². The zero-order valence-electron chi connectivity index (χ0n) is 13.2. The van der Waals surface area contributed by atoms with Crippen molar-refractivity contribution in [1.82, 2.24) is 14.5 Å². The summed E-state index contributed by atoms with van der Waals surface area (Å²) in [6.07, 6.45) is 5.38. The molecule has 25 heavy (non-hydrogen) atoms. The Morgan fingerprint density at radius 1 is 1.16 bits per heavy atom. The number of benzene rings is 2. The number of para-hydroxylation sites is 1. The fourth-order valence-electron chi connectivity index (χ4n) is 2.73. The second-order valence-electron chi connectivity index (χ2n) is 5.70. The maximum absolute atomic E-state index is 12.3. The largest absolute Gasteiger partial charge is 0.381 e. The molecule has 0 spiro atoms. The van der Waals surface area contributed by atoms with Crippen LogP contribution in [0.25, 0.3) is 16.6 Å². The van der Waals surface area contributed by atoms with Crippen molar-refractivity contribution in [2.24, 2.45) is 0 Å². The van der Waals surface area contributed by atoms with Crippen molar-refractivity contribution in [1.29, 1.82) is 0 Å². The van der Waals surface area contributed by atoms with Gasteiger partial charge in [-0.05, 0) is 36.4 Å². The molecule has 0 amide bonds. The molecule has 2 aromatic carbocycles. The first-order valence-corrected chi connectivity index (χ1v) is 8.21. The number of imidazole rings is 1. The Labute approximate surface area is 148 Å². The molecular formula is C19H15ClN4O. The smallest absolute Gasteiger partial charge is 0.253 e. The van der Waals surface area contributed by atoms with E-state index < -0.39 is 0 Å². The summed E-state index contributed by atoms with van der Waals surface area (Å²) in [5.74, 6) is 0. The average molecular weight is 351 g/mol. The first-order valence-electron chi connectivity index (χ1n) is 7.83. The zero-order chi connectivity index (χ0) is 17.2. The van der Waals surface area contributed by atoms with Crippen molar-refractivity contribution in [2.45, 2.75) is 6.54 Å². The van der Waals surface area contributed by atoms with Crippen LogP contribution in [0.4, 0.5) is 5.69 Å². The Kier molecular flexibility index (Phi) is 3.99. The topological polar surface area (TPSA) is 62.7 Å². The lowest BCUT2D eigenvalue weighted by atomic mass is 10.1. The number of H-pyrrole nitrogens is 1. The van der Waals surface area contributed by atoms with E-state index in [1.807, 2.05) is 53.2 Å². The molecule has 2 heterocycles. The highest BCUT2D eigenvalue weighted by atomic mass is 35.5. The fourth-order valence-corrected chi connectivity index (χ4v) is 2.96. The highest BCUT2D eigenvalue weighted by Gasteiger charge is 2.05. The first kappa shape index (κ1) is 15.5. The van der Waals surface area contributed by atoms with Gasteiger partial charge in [-0.3, -0.25) is 4.79 Å². The normalized spacial score (nSPS) is 10.9. The van der Waals surface area contributed by atoms with E-state index in [1.165, 1.54) is 0 Å². The Morgan fingerprint density at radius 3 is 2.76 bits per heavy atom. The number of hydrogen-bond donors (Lipinski definition) is 2. The van der Waals surface area contributed by atoms with Crippen molar-refractivity contribution in [2.75, 3.05) is 5.32 Å². The van der Waals surface area contributed by atoms with Gasteiger partial charge in [-0.15, -0.1) is 0 Å². The van der Waals surface area contributed by atoms with E-state index in [4.69, 9.17) is 11.6 Å². The van der Waals surface area contributed by atoms with Crippen LogP contribution in [0.5, 0.6) is 0 Å². The van der Waals surface area contributed by atoms with E-state index in [0.717, 1.165) is 16.8 Å². The van der Waals surface area contributed by atoms with E-state index in [0.29, 0.717) is 22.6 Å². The number of halogens is 1. The van der Waals surface area contributed by atoms with Gasteiger partial charge < -0.3 is 14.9 Å². The summed E-state index contributed by atoms with van der Waals surface area (Å²) in [5.41, 5.74) is 3.16. The van der Waals surface area contributed by atoms with Gasteiger partial charge in [-0.25, -0.2) is 4.98 Å². The van der Waals surface area contributed by atoms with Gasteiger partial charge >= 0.3 is 0 Å². The molecule has 6 heteroatoms. The zero-order valence-corrected chi connectivity index (χ0v) is 14.0. The van der Waals surface area contributed by atoms with Gasteiger partial charge in [0.2, 0.25) is 0 Å². The Hall–Kier alpha value is -3.05. The lowest BCUT2D eigenvalue weighted by Crippen LogP contribution is -2.15. The summed E-state index contributed by atoms with van der Waals surface area (Å²) in [7, 11) is 0. The molecule has 0 aliphatic carbocycles. The molecule has 124 valence electrons. The molecule has 0 atom stereocenters. The van der Waals surface area contributed by atoms with Crippen molar-refractivity contribution in [3.05, 3.63) is 88.2 Å². The second-order valence-corrected chi connectivity index (χ2v) is 6.11. The van der Waals surface area contributed by atoms with Gasteiger partial charge in [0.15, 0.2) is 0 Å². The quantitative estimate of drug-likeness (QED) is 0.585. The van der Waals surface area contributed by atoms with Gasteiger partial charge in [-0.1, -0.05) is 23.7 Å². The van der Waals surface area contributed by atoms with Gasteiger partial charge in [0.1, 0.15) is 0 Å². The monoisotopic (exact) mass is 350 g/mol. The minimum atomic E-state index is -0.136. The summed E-state index contributed by atoms with van der Waals surface area (Å²) in [6.45, 7) is 0.433. The number of nitrogens with zero attached hydrogens (tertiary/aromatic N) is 2. The molecule has 4 rings (SSSR count). The lowest BCUT2D eigenvalue weighted by Gasteiger charge is -2.09. The van der Waals surface area contributed by atoms with Crippen LogP contribution in [0.1, 0.15) is 5.56 Å². The van der Waals surface area contributed by atoms with E-state index in [-0.39, 0.29) is 5.56 Å². The third-order valence-electron chi connectivity index (χ3n) is 4.06. The predicted molar refractivity (Wildman–Crippen MR) is 100 cm³/mol. The molecule has 0 saturated heterocycles. The maximum atomic E-state index is 12.3. The summed E-state index contributed by atoms with van der Waals surface area (Å²) in [5, 5.41) is 4.74. The molecule has 5 nitrogen and oxygen atoms in total. The van der Waals surface area contributed by atoms with Crippen molar-refractivity contribution in [3.8, 4) is 5.69 Å². The van der Waals surface area contributed by atoms with Crippen molar-refractivity contribution in [3.63, 3.8) is 0 Å². The Bertz CT molecular complexity index is 1070. The molecule has 0 unspecified atom stereocenters. The molecule has 4 aromatic rings. The third-order valence-corrected chi connectivity index (χ3v) is 4.37. The number of aromatic amines is 1. The summed E-state index contributed by atoms with van der Waals surface area (Å²) in [4.78, 5) is 19.1. The standard InChI is InChI=1S/C19H15ClN4O/c20-17-3-1-2-13-10-14(19(25)23-18(13)17)11-22-15-4-6-16(7-5-15)24-9-8-21-12-24/h1-10,12,22H,11H2,(H,23,25). The van der Waals surface area contributed by atoms with Gasteiger partial charge in [0.25, 0.3) is 5.56 Å². The number of fused-ring (bicyclic) bond motifs is 1. The number of nitrogens with one attached hydrogen (secondary N) is 2. The van der Waals surface area contributed by atoms with E-state index in [1.54, 1.807) is 18.6 Å². The average Bonchev–Trinajstić information content (AvgIpc) is 3.16. The molecule has 0 bridgehead atoms. The molecule has 0 aliphatic rings. The van der Waals surface area contributed by atoms with Crippen molar-refractivity contribution >= 4 is 28.2 Å². The maximum Gasteiger partial charge on any atom is 0.253 e. The first-order chi connectivity index (χ1) is 12.2. The number of pyridine rings is 1. The SMILES string of the molecule is O=c1[nH]c2c(Cl)cccc2cc1CNc1ccc(-n2ccnc2)cc1. The van der Waals surface area contributed by atoms with Crippen LogP contribution in [0.15, 0.2) is 72.0 Å². The van der Waals surface area contributed by atoms with Crippen LogP contribution >= 0.6 is 11.6 Å². The predicted octanol–water partition coefficient (Wildman–Crippen LogP) is 3.98. The van der Waals surface area contributed by atoms with Gasteiger partial charge in [-0.2, -0.15) is 0 Å². The molecule has 2 N–H and O–H groups in total. The summed E-state index contributed by atoms with van der Waals surface area (Å²) >= 11 is 6.12. The fraction of sp³-hybridized carbons (Fsp3) is 0.0526. The van der Waals surface area contributed by atoms with Crippen molar-refractivity contribution < 1.29 is 0 Å². The molecular weight excluding hydrogens is 336 g/mol. The number of rotatable bonds is 4. The van der Waals surface area contributed by atoms with Crippen LogP contribution in [0.3, 0.4) is 0 Å². The van der Waals surface area contributed by atoms with Crippen LogP contribution in [0.2, 0.25) is 5.02 Å². The molecule has 0 radical (unpaired) electrons. The Balaban J connectivity index is 1.54. The number of anilines is 1. The van der Waals surface area contributed by atoms with E-state index >= 15 is 0 Å². The molecule has 0 saturated carbocycles. The van der Waals surface area contributed by atoms with Gasteiger partial charge in [0, 0.05) is 41.3 Å². The van der Waals surface area contributed by atoms with Crippen LogP contribution < -0.4 is 10.9 Å². The lowest BCUT2D eigenvalue weighted by molar-refractivity contribution is 1.05. The molecule has 2 aromatic heterocycles. The second kappa shape index (κ2) is 6.45.